The van der Waals surface area contributed by atoms with Crippen LogP contribution >= 0.6 is 0 Å². The van der Waals surface area contributed by atoms with Gasteiger partial charge in [0.2, 0.25) is 0 Å². The largest absolute Gasteiger partial charge is 0.491 e. The van der Waals surface area contributed by atoms with E-state index in [-0.39, 0.29) is 12.0 Å². The molecule has 0 radical (unpaired) electrons. The molecule has 2 aliphatic rings. The number of rotatable bonds is 8. The molecule has 0 N–H and O–H groups in total. The third kappa shape index (κ3) is 5.61. The predicted octanol–water partition coefficient (Wildman–Crippen LogP) is 3.84. The second-order valence-corrected chi connectivity index (χ2v) is 8.53. The number of carbonyl (C=O) groups excluding carboxylic acids is 1. The van der Waals surface area contributed by atoms with E-state index in [4.69, 9.17) is 9.47 Å². The molecule has 0 aromatic heterocycles. The molecule has 2 saturated heterocycles. The first-order valence-corrected chi connectivity index (χ1v) is 11.0. The van der Waals surface area contributed by atoms with Gasteiger partial charge < -0.3 is 14.4 Å². The minimum absolute atomic E-state index is 0.0547. The summed E-state index contributed by atoms with van der Waals surface area (Å²) in [5, 5.41) is 0. The van der Waals surface area contributed by atoms with Gasteiger partial charge >= 0.3 is 0 Å². The fourth-order valence-electron chi connectivity index (χ4n) is 4.42. The van der Waals surface area contributed by atoms with Gasteiger partial charge in [-0.05, 0) is 55.5 Å². The van der Waals surface area contributed by atoms with Crippen molar-refractivity contribution in [2.45, 2.75) is 31.9 Å². The van der Waals surface area contributed by atoms with Gasteiger partial charge in [-0.15, -0.1) is 0 Å². The summed E-state index contributed by atoms with van der Waals surface area (Å²) in [5.41, 5.74) is 2.03. The van der Waals surface area contributed by atoms with E-state index in [2.05, 4.69) is 35.2 Å². The van der Waals surface area contributed by atoms with Crippen molar-refractivity contribution in [3.05, 3.63) is 65.7 Å². The third-order valence-corrected chi connectivity index (χ3v) is 6.04. The SMILES string of the molecule is CN(CC1CCN(Cc2ccccc2)C1)C(=O)c1cccc(OCC2CCCO2)c1. The second-order valence-electron chi connectivity index (χ2n) is 8.53. The molecular formula is C25H32N2O3. The Morgan fingerprint density at radius 3 is 2.83 bits per heavy atom. The molecule has 2 aliphatic heterocycles. The van der Waals surface area contributed by atoms with Crippen LogP contribution in [0.4, 0.5) is 0 Å². The van der Waals surface area contributed by atoms with Crippen molar-refractivity contribution in [2.24, 2.45) is 5.92 Å². The number of hydrogen-bond donors (Lipinski definition) is 0. The molecule has 2 aromatic carbocycles. The van der Waals surface area contributed by atoms with Gasteiger partial charge in [-0.3, -0.25) is 9.69 Å². The lowest BCUT2D eigenvalue weighted by Crippen LogP contribution is -2.33. The van der Waals surface area contributed by atoms with Gasteiger partial charge in [0.25, 0.3) is 5.91 Å². The molecule has 5 nitrogen and oxygen atoms in total. The van der Waals surface area contributed by atoms with Crippen molar-refractivity contribution in [1.29, 1.82) is 0 Å². The van der Waals surface area contributed by atoms with Crippen LogP contribution < -0.4 is 4.74 Å². The first-order valence-electron chi connectivity index (χ1n) is 11.0. The number of hydrogen-bond acceptors (Lipinski definition) is 4. The minimum atomic E-state index is 0.0547. The summed E-state index contributed by atoms with van der Waals surface area (Å²) in [7, 11) is 1.90. The third-order valence-electron chi connectivity index (χ3n) is 6.04. The Balaban J connectivity index is 1.26. The second kappa shape index (κ2) is 10.1. The number of ether oxygens (including phenoxy) is 2. The Kier molecular flexibility index (Phi) is 7.03. The zero-order chi connectivity index (χ0) is 20.8. The van der Waals surface area contributed by atoms with Gasteiger partial charge in [-0.2, -0.15) is 0 Å². The van der Waals surface area contributed by atoms with E-state index >= 15 is 0 Å². The van der Waals surface area contributed by atoms with E-state index < -0.39 is 0 Å². The van der Waals surface area contributed by atoms with Crippen molar-refractivity contribution in [1.82, 2.24) is 9.80 Å². The van der Waals surface area contributed by atoms with E-state index in [0.29, 0.717) is 18.1 Å². The highest BCUT2D eigenvalue weighted by Gasteiger charge is 2.25. The fourth-order valence-corrected chi connectivity index (χ4v) is 4.42. The van der Waals surface area contributed by atoms with Gasteiger partial charge in [0, 0.05) is 38.9 Å². The van der Waals surface area contributed by atoms with Crippen LogP contribution in [0.3, 0.4) is 0 Å². The Morgan fingerprint density at radius 1 is 1.17 bits per heavy atom. The summed E-state index contributed by atoms with van der Waals surface area (Å²) < 4.78 is 11.5. The van der Waals surface area contributed by atoms with Crippen LogP contribution in [0.1, 0.15) is 35.2 Å². The molecule has 0 saturated carbocycles. The van der Waals surface area contributed by atoms with E-state index in [0.717, 1.165) is 57.8 Å². The van der Waals surface area contributed by atoms with Gasteiger partial charge in [0.1, 0.15) is 12.4 Å². The lowest BCUT2D eigenvalue weighted by Gasteiger charge is -2.22. The molecular weight excluding hydrogens is 376 g/mol. The molecule has 2 heterocycles. The monoisotopic (exact) mass is 408 g/mol. The van der Waals surface area contributed by atoms with Crippen molar-refractivity contribution < 1.29 is 14.3 Å². The molecule has 5 heteroatoms. The number of benzene rings is 2. The standard InChI is InChI=1S/C25H32N2O3/c1-26(16-21-12-13-27(18-21)17-20-7-3-2-4-8-20)25(28)22-9-5-10-23(15-22)30-19-24-11-6-14-29-24/h2-5,7-10,15,21,24H,6,11-14,16-19H2,1H3. The zero-order valence-electron chi connectivity index (χ0n) is 17.8. The molecule has 2 atom stereocenters. The maximum absolute atomic E-state index is 12.9. The van der Waals surface area contributed by atoms with E-state index in [1.165, 1.54) is 5.56 Å². The molecule has 0 aliphatic carbocycles. The average molecular weight is 409 g/mol. The maximum atomic E-state index is 12.9. The smallest absolute Gasteiger partial charge is 0.253 e. The molecule has 2 unspecified atom stereocenters. The van der Waals surface area contributed by atoms with E-state index in [1.807, 2.05) is 36.2 Å². The van der Waals surface area contributed by atoms with Crippen LogP contribution in [0.5, 0.6) is 5.75 Å². The van der Waals surface area contributed by atoms with Crippen molar-refractivity contribution in [3.8, 4) is 5.75 Å². The van der Waals surface area contributed by atoms with Gasteiger partial charge in [0.15, 0.2) is 0 Å². The minimum Gasteiger partial charge on any atom is -0.491 e. The first-order chi connectivity index (χ1) is 14.7. The van der Waals surface area contributed by atoms with Crippen molar-refractivity contribution in [3.63, 3.8) is 0 Å². The lowest BCUT2D eigenvalue weighted by atomic mass is 10.1. The highest BCUT2D eigenvalue weighted by Crippen LogP contribution is 2.21. The van der Waals surface area contributed by atoms with Crippen LogP contribution in [0.25, 0.3) is 0 Å². The van der Waals surface area contributed by atoms with Crippen molar-refractivity contribution >= 4 is 5.91 Å². The highest BCUT2D eigenvalue weighted by atomic mass is 16.5. The Labute approximate surface area is 179 Å². The fraction of sp³-hybridized carbons (Fsp3) is 0.480. The van der Waals surface area contributed by atoms with Crippen LogP contribution in [-0.2, 0) is 11.3 Å². The Morgan fingerprint density at radius 2 is 2.03 bits per heavy atom. The molecule has 160 valence electrons. The molecule has 1 amide bonds. The van der Waals surface area contributed by atoms with Crippen LogP contribution in [0.2, 0.25) is 0 Å². The summed E-state index contributed by atoms with van der Waals surface area (Å²) in [4.78, 5) is 17.3. The number of amides is 1. The number of carbonyl (C=O) groups is 1. The predicted molar refractivity (Wildman–Crippen MR) is 118 cm³/mol. The van der Waals surface area contributed by atoms with E-state index in [1.54, 1.807) is 0 Å². The average Bonchev–Trinajstić information content (AvgIpc) is 3.45. The Bertz CT molecular complexity index is 820. The van der Waals surface area contributed by atoms with Crippen LogP contribution in [-0.4, -0.2) is 61.7 Å². The number of likely N-dealkylation sites (tertiary alicyclic amines) is 1. The van der Waals surface area contributed by atoms with Gasteiger partial charge in [-0.25, -0.2) is 0 Å². The molecule has 4 rings (SSSR count). The lowest BCUT2D eigenvalue weighted by molar-refractivity contribution is 0.0678. The normalized spacial score (nSPS) is 21.6. The highest BCUT2D eigenvalue weighted by molar-refractivity contribution is 5.94. The number of nitrogens with zero attached hydrogens (tertiary/aromatic N) is 2. The summed E-state index contributed by atoms with van der Waals surface area (Å²) in [6.45, 7) is 5.27. The summed E-state index contributed by atoms with van der Waals surface area (Å²) in [5.74, 6) is 1.31. The first kappa shape index (κ1) is 20.9. The molecule has 2 aromatic rings. The van der Waals surface area contributed by atoms with Crippen LogP contribution in [0, 0.1) is 5.92 Å². The summed E-state index contributed by atoms with van der Waals surface area (Å²) in [6.07, 6.45) is 3.45. The quantitative estimate of drug-likeness (QED) is 0.666. The maximum Gasteiger partial charge on any atom is 0.253 e. The summed E-state index contributed by atoms with van der Waals surface area (Å²) >= 11 is 0. The molecule has 0 spiro atoms. The van der Waals surface area contributed by atoms with E-state index in [9.17, 15) is 4.79 Å². The van der Waals surface area contributed by atoms with Crippen molar-refractivity contribution in [2.75, 3.05) is 39.9 Å². The molecule has 30 heavy (non-hydrogen) atoms. The van der Waals surface area contributed by atoms with Crippen LogP contribution in [0.15, 0.2) is 54.6 Å². The molecule has 0 bridgehead atoms. The topological polar surface area (TPSA) is 42.0 Å². The summed E-state index contributed by atoms with van der Waals surface area (Å²) in [6, 6.07) is 18.1. The molecule has 2 fully saturated rings. The van der Waals surface area contributed by atoms with Gasteiger partial charge in [0.05, 0.1) is 6.10 Å². The van der Waals surface area contributed by atoms with Gasteiger partial charge in [-0.1, -0.05) is 36.4 Å². The zero-order valence-corrected chi connectivity index (χ0v) is 17.8. The Hall–Kier alpha value is -2.37.